The van der Waals surface area contributed by atoms with Crippen molar-refractivity contribution in [3.63, 3.8) is 0 Å². The lowest BCUT2D eigenvalue weighted by molar-refractivity contribution is -0.137. The van der Waals surface area contributed by atoms with Crippen LogP contribution >= 0.6 is 11.6 Å². The number of nitrogens with zero attached hydrogens (tertiary/aromatic N) is 2. The van der Waals surface area contributed by atoms with Gasteiger partial charge in [-0.25, -0.2) is 4.98 Å². The summed E-state index contributed by atoms with van der Waals surface area (Å²) >= 11 is 6.42. The Hall–Kier alpha value is -3.72. The van der Waals surface area contributed by atoms with Gasteiger partial charge in [0, 0.05) is 55.4 Å². The number of nitrogens with one attached hydrogen (secondary N) is 3. The van der Waals surface area contributed by atoms with Gasteiger partial charge in [0.25, 0.3) is 0 Å². The van der Waals surface area contributed by atoms with E-state index in [0.717, 1.165) is 17.7 Å². The number of imidazole rings is 1. The molecule has 0 aliphatic carbocycles. The first-order valence-corrected chi connectivity index (χ1v) is 13.6. The highest BCUT2D eigenvalue weighted by Crippen LogP contribution is 2.20. The monoisotopic (exact) mass is 544 g/mol. The summed E-state index contributed by atoms with van der Waals surface area (Å²) in [6, 6.07) is 20.7. The van der Waals surface area contributed by atoms with Gasteiger partial charge in [0.1, 0.15) is 6.04 Å². The van der Waals surface area contributed by atoms with Crippen molar-refractivity contribution in [2.45, 2.75) is 37.4 Å². The van der Waals surface area contributed by atoms with Crippen molar-refractivity contribution in [1.29, 1.82) is 0 Å². The number of aromatic amines is 1. The number of hydrogen-bond donors (Lipinski definition) is 4. The smallest absolute Gasteiger partial charge is 0.245 e. The standard InChI is InChI=1S/C30H33ClN6O2/c31-26-8-4-3-7-23(26)15-28(36-29(38)27(32)16-24-17-33-19-35-24)30(39)37-12-11-34-25(18-37)14-20-9-10-21-5-1-2-6-22(21)13-20/h1-10,13,17,19,25,27-28,34H,11-12,14-16,18,32H2,(H,33,35)(H,36,38)/t25-,27+,28-/m1/s1. The minimum atomic E-state index is -0.823. The van der Waals surface area contributed by atoms with Crippen LogP contribution in [-0.2, 0) is 28.9 Å². The van der Waals surface area contributed by atoms with E-state index >= 15 is 0 Å². The second-order valence-electron chi connectivity index (χ2n) is 10.1. The van der Waals surface area contributed by atoms with Crippen molar-refractivity contribution in [3.8, 4) is 0 Å². The zero-order chi connectivity index (χ0) is 27.2. The summed E-state index contributed by atoms with van der Waals surface area (Å²) in [5.41, 5.74) is 8.95. The third-order valence-electron chi connectivity index (χ3n) is 7.19. The average molecular weight is 545 g/mol. The van der Waals surface area contributed by atoms with Crippen LogP contribution in [-0.4, -0.2) is 64.4 Å². The molecular formula is C30H33ClN6O2. The fraction of sp³-hybridized carbons (Fsp3) is 0.300. The summed E-state index contributed by atoms with van der Waals surface area (Å²) in [6.45, 7) is 1.78. The van der Waals surface area contributed by atoms with Crippen LogP contribution in [0.3, 0.4) is 0 Å². The van der Waals surface area contributed by atoms with Crippen molar-refractivity contribution in [1.82, 2.24) is 25.5 Å². The Labute approximate surface area is 232 Å². The first kappa shape index (κ1) is 26.9. The lowest BCUT2D eigenvalue weighted by Crippen LogP contribution is -2.59. The van der Waals surface area contributed by atoms with Gasteiger partial charge in [-0.1, -0.05) is 72.3 Å². The van der Waals surface area contributed by atoms with Gasteiger partial charge in [0.05, 0.1) is 12.4 Å². The Morgan fingerprint density at radius 1 is 1.08 bits per heavy atom. The largest absolute Gasteiger partial charge is 0.348 e. The summed E-state index contributed by atoms with van der Waals surface area (Å²) < 4.78 is 0. The molecule has 0 unspecified atom stereocenters. The van der Waals surface area contributed by atoms with Crippen molar-refractivity contribution in [2.24, 2.45) is 5.73 Å². The first-order valence-electron chi connectivity index (χ1n) is 13.2. The highest BCUT2D eigenvalue weighted by molar-refractivity contribution is 6.31. The number of nitrogens with two attached hydrogens (primary N) is 1. The van der Waals surface area contributed by atoms with Gasteiger partial charge >= 0.3 is 0 Å². The Balaban J connectivity index is 1.29. The molecule has 1 aromatic heterocycles. The second-order valence-corrected chi connectivity index (χ2v) is 10.5. The molecule has 0 spiro atoms. The topological polar surface area (TPSA) is 116 Å². The van der Waals surface area contributed by atoms with Crippen LogP contribution in [0.5, 0.6) is 0 Å². The Morgan fingerprint density at radius 2 is 1.87 bits per heavy atom. The summed E-state index contributed by atoms with van der Waals surface area (Å²) in [7, 11) is 0. The molecule has 39 heavy (non-hydrogen) atoms. The maximum atomic E-state index is 13.8. The predicted octanol–water partition coefficient (Wildman–Crippen LogP) is 2.86. The van der Waals surface area contributed by atoms with E-state index in [0.29, 0.717) is 31.1 Å². The number of carbonyl (C=O) groups excluding carboxylic acids is 2. The highest BCUT2D eigenvalue weighted by atomic mass is 35.5. The quantitative estimate of drug-likeness (QED) is 0.258. The van der Waals surface area contributed by atoms with E-state index in [4.69, 9.17) is 17.3 Å². The molecule has 1 aliphatic heterocycles. The first-order chi connectivity index (χ1) is 19.0. The summed E-state index contributed by atoms with van der Waals surface area (Å²) in [5, 5.41) is 9.43. The van der Waals surface area contributed by atoms with Gasteiger partial charge in [-0.05, 0) is 34.4 Å². The minimum Gasteiger partial charge on any atom is -0.348 e. The number of fused-ring (bicyclic) bond motifs is 1. The van der Waals surface area contributed by atoms with Crippen LogP contribution in [0.4, 0.5) is 0 Å². The second kappa shape index (κ2) is 12.4. The number of amides is 2. The van der Waals surface area contributed by atoms with E-state index in [1.54, 1.807) is 18.6 Å². The zero-order valence-corrected chi connectivity index (χ0v) is 22.4. The SMILES string of the molecule is N[C@@H](Cc1cnc[nH]1)C(=O)N[C@H](Cc1ccccc1Cl)C(=O)N1CCN[C@H](Cc2ccc3ccccc3c2)C1. The molecule has 3 aromatic carbocycles. The molecule has 9 heteroatoms. The van der Waals surface area contributed by atoms with E-state index in [2.05, 4.69) is 50.9 Å². The Morgan fingerprint density at radius 3 is 2.67 bits per heavy atom. The minimum absolute atomic E-state index is 0.100. The van der Waals surface area contributed by atoms with E-state index in [9.17, 15) is 9.59 Å². The molecule has 2 amide bonds. The normalized spacial score (nSPS) is 17.1. The maximum Gasteiger partial charge on any atom is 0.245 e. The maximum absolute atomic E-state index is 13.8. The molecule has 2 heterocycles. The van der Waals surface area contributed by atoms with Crippen molar-refractivity contribution >= 4 is 34.2 Å². The molecule has 3 atom stereocenters. The van der Waals surface area contributed by atoms with Gasteiger partial charge in [-0.15, -0.1) is 0 Å². The van der Waals surface area contributed by atoms with Gasteiger partial charge in [0.2, 0.25) is 11.8 Å². The molecule has 0 radical (unpaired) electrons. The van der Waals surface area contributed by atoms with Crippen LogP contribution in [0.15, 0.2) is 79.3 Å². The van der Waals surface area contributed by atoms with E-state index in [-0.39, 0.29) is 18.4 Å². The molecule has 5 N–H and O–H groups in total. The van der Waals surface area contributed by atoms with E-state index in [1.165, 1.54) is 16.3 Å². The fourth-order valence-corrected chi connectivity index (χ4v) is 5.33. The van der Waals surface area contributed by atoms with Crippen LogP contribution < -0.4 is 16.4 Å². The molecule has 0 saturated carbocycles. The van der Waals surface area contributed by atoms with E-state index < -0.39 is 18.0 Å². The van der Waals surface area contributed by atoms with Crippen molar-refractivity contribution in [3.05, 3.63) is 101 Å². The van der Waals surface area contributed by atoms with Crippen LogP contribution in [0.2, 0.25) is 5.02 Å². The lowest BCUT2D eigenvalue weighted by Gasteiger charge is -2.36. The molecule has 202 valence electrons. The van der Waals surface area contributed by atoms with Crippen LogP contribution in [0.25, 0.3) is 10.8 Å². The van der Waals surface area contributed by atoms with Crippen LogP contribution in [0.1, 0.15) is 16.8 Å². The zero-order valence-electron chi connectivity index (χ0n) is 21.6. The molecule has 1 fully saturated rings. The number of benzene rings is 3. The molecule has 4 aromatic rings. The molecule has 8 nitrogen and oxygen atoms in total. The lowest BCUT2D eigenvalue weighted by atomic mass is 9.99. The average Bonchev–Trinajstić information content (AvgIpc) is 3.46. The van der Waals surface area contributed by atoms with Gasteiger partial charge in [0.15, 0.2) is 0 Å². The third kappa shape index (κ3) is 6.84. The number of H-pyrrole nitrogens is 1. The number of aromatic nitrogens is 2. The third-order valence-corrected chi connectivity index (χ3v) is 7.56. The Bertz CT molecular complexity index is 1430. The number of halogens is 1. The van der Waals surface area contributed by atoms with Gasteiger partial charge in [-0.2, -0.15) is 0 Å². The van der Waals surface area contributed by atoms with Crippen LogP contribution in [0, 0.1) is 0 Å². The van der Waals surface area contributed by atoms with Crippen molar-refractivity contribution < 1.29 is 9.59 Å². The number of hydrogen-bond acceptors (Lipinski definition) is 5. The Kier molecular flexibility index (Phi) is 8.56. The summed E-state index contributed by atoms with van der Waals surface area (Å²) in [5.74, 6) is -0.528. The number of piperazine rings is 1. The van der Waals surface area contributed by atoms with E-state index in [1.807, 2.05) is 35.2 Å². The highest BCUT2D eigenvalue weighted by Gasteiger charge is 2.31. The number of carbonyl (C=O) groups is 2. The predicted molar refractivity (Wildman–Crippen MR) is 153 cm³/mol. The fourth-order valence-electron chi connectivity index (χ4n) is 5.12. The van der Waals surface area contributed by atoms with Crippen molar-refractivity contribution in [2.75, 3.05) is 19.6 Å². The molecule has 1 aliphatic rings. The summed E-state index contributed by atoms with van der Waals surface area (Å²) in [6.07, 6.45) is 4.55. The molecular weight excluding hydrogens is 512 g/mol. The number of rotatable bonds is 9. The van der Waals surface area contributed by atoms with Gasteiger partial charge < -0.3 is 26.3 Å². The molecule has 1 saturated heterocycles. The van der Waals surface area contributed by atoms with Gasteiger partial charge in [-0.3, -0.25) is 9.59 Å². The molecule has 0 bridgehead atoms. The molecule has 5 rings (SSSR count). The summed E-state index contributed by atoms with van der Waals surface area (Å²) in [4.78, 5) is 35.7.